The van der Waals surface area contributed by atoms with E-state index in [9.17, 15) is 97.3 Å². The Morgan fingerprint density at radius 2 is 1.42 bits per heavy atom. The van der Waals surface area contributed by atoms with Crippen molar-refractivity contribution < 1.29 is 111 Å². The smallest absolute Gasteiger partial charge is 0.446 e. The van der Waals surface area contributed by atoms with E-state index in [1.165, 1.54) is 31.2 Å². The molecule has 90 heavy (non-hydrogen) atoms. The van der Waals surface area contributed by atoms with Gasteiger partial charge in [-0.2, -0.15) is 8.42 Å². The van der Waals surface area contributed by atoms with Crippen molar-refractivity contribution in [1.82, 2.24) is 41.5 Å². The molecule has 0 bridgehead atoms. The number of hydrogen-bond donors (Lipinski definition) is 16. The zero-order valence-corrected chi connectivity index (χ0v) is 51.9. The van der Waals surface area contributed by atoms with Crippen LogP contribution in [0.15, 0.2) is 77.3 Å². The largest absolute Gasteiger partial charge is 0.504 e. The number of primary amides is 1. The Bertz CT molecular complexity index is 3340. The number of nitrogens with one attached hydrogen (secondary N) is 5. The third-order valence-corrected chi connectivity index (χ3v) is 15.6. The van der Waals surface area contributed by atoms with Gasteiger partial charge in [-0.25, -0.2) is 0 Å². The van der Waals surface area contributed by atoms with E-state index in [0.29, 0.717) is 56.9 Å². The number of phenols is 1. The van der Waals surface area contributed by atoms with Gasteiger partial charge in [0.15, 0.2) is 23.5 Å². The summed E-state index contributed by atoms with van der Waals surface area (Å²) in [6, 6.07) is 3.52. The number of benzene rings is 3. The molecular formula is C56H71N9NaO23S. The fraction of sp³-hybridized carbons (Fsp3) is 0.482. The Labute approximate surface area is 536 Å². The third-order valence-electron chi connectivity index (χ3n) is 15.2. The van der Waals surface area contributed by atoms with E-state index in [4.69, 9.17) is 15.0 Å². The number of aromatic hydroxyl groups is 1. The number of aliphatic hydroxyl groups excluding tert-OH is 8. The number of fused-ring (bicyclic) bond motifs is 2. The van der Waals surface area contributed by atoms with Gasteiger partial charge in [-0.05, 0) is 67.4 Å². The first-order valence-electron chi connectivity index (χ1n) is 28.1. The predicted molar refractivity (Wildman–Crippen MR) is 310 cm³/mol. The van der Waals surface area contributed by atoms with Crippen LogP contribution in [0, 0.1) is 5.92 Å². The summed E-state index contributed by atoms with van der Waals surface area (Å²) < 4.78 is 48.1. The maximum Gasteiger partial charge on any atom is 0.446 e. The molecule has 15 atom stereocenters. The third kappa shape index (κ3) is 17.8. The maximum absolute atomic E-state index is 14.7. The summed E-state index contributed by atoms with van der Waals surface area (Å²) >= 11 is 0. The first kappa shape index (κ1) is 71.7. The van der Waals surface area contributed by atoms with Gasteiger partial charge in [0.25, 0.3) is 5.91 Å². The summed E-state index contributed by atoms with van der Waals surface area (Å²) in [6.07, 6.45) is -17.3. The molecule has 7 rings (SSSR count). The van der Waals surface area contributed by atoms with Crippen LogP contribution in [0.5, 0.6) is 17.2 Å². The van der Waals surface area contributed by atoms with Gasteiger partial charge in [-0.1, -0.05) is 50.0 Å². The normalized spacial score (nSPS) is 26.2. The van der Waals surface area contributed by atoms with Crippen molar-refractivity contribution >= 4 is 87.2 Å². The molecule has 8 amide bonds. The van der Waals surface area contributed by atoms with Gasteiger partial charge in [0.05, 0.1) is 37.4 Å². The van der Waals surface area contributed by atoms with Crippen molar-refractivity contribution in [3.05, 3.63) is 83.9 Å². The van der Waals surface area contributed by atoms with Gasteiger partial charge in [-0.15, -0.1) is 0 Å². The average molecular weight is 1290 g/mol. The molecule has 32 nitrogen and oxygen atoms in total. The zero-order valence-electron chi connectivity index (χ0n) is 49.1. The Kier molecular flexibility index (Phi) is 24.8. The summed E-state index contributed by atoms with van der Waals surface area (Å²) in [5.41, 5.74) is 6.17. The molecule has 3 aliphatic rings. The molecule has 3 fully saturated rings. The molecule has 4 aromatic rings. The fourth-order valence-electron chi connectivity index (χ4n) is 10.3. The fourth-order valence-corrected chi connectivity index (χ4v) is 10.7. The molecule has 1 radical (unpaired) electrons. The van der Waals surface area contributed by atoms with Crippen molar-refractivity contribution in [2.45, 2.75) is 145 Å². The van der Waals surface area contributed by atoms with Crippen molar-refractivity contribution in [1.29, 1.82) is 0 Å². The van der Waals surface area contributed by atoms with E-state index in [0.717, 1.165) is 32.3 Å². The number of ether oxygens (including phenoxy) is 1. The Hall–Kier alpha value is -7.38. The van der Waals surface area contributed by atoms with Crippen LogP contribution >= 0.6 is 0 Å². The number of amides is 8. The van der Waals surface area contributed by atoms with E-state index in [2.05, 4.69) is 32.2 Å². The van der Waals surface area contributed by atoms with Crippen molar-refractivity contribution in [2.24, 2.45) is 11.7 Å². The molecule has 1 aromatic heterocycles. The number of carbonyl (C=O) groups excluding carboxylic acids is 8. The van der Waals surface area contributed by atoms with Crippen LogP contribution in [0.4, 0.5) is 0 Å². The number of nitrogens with zero attached hydrogens (tertiary/aromatic N) is 3. The number of phenolic OH excluding ortho intramolecular Hbond substituents is 1. The summed E-state index contributed by atoms with van der Waals surface area (Å²) in [7, 11) is -5.35. The van der Waals surface area contributed by atoms with Gasteiger partial charge < -0.3 is 102 Å². The van der Waals surface area contributed by atoms with E-state index < -0.39 is 198 Å². The number of nitrogens with two attached hydrogens (primary N) is 1. The van der Waals surface area contributed by atoms with Crippen molar-refractivity contribution in [2.75, 3.05) is 19.7 Å². The molecule has 4 heterocycles. The molecule has 485 valence electrons. The Balaban J connectivity index is 0.0000129. The predicted octanol–water partition coefficient (Wildman–Crippen LogP) is -4.28. The topological polar surface area (TPSA) is 510 Å². The van der Waals surface area contributed by atoms with Crippen LogP contribution in [0.25, 0.3) is 22.6 Å². The number of aliphatic hydroxyl groups is 8. The minimum absolute atomic E-state index is 0. The van der Waals surface area contributed by atoms with Gasteiger partial charge in [0.2, 0.25) is 41.4 Å². The molecule has 17 N–H and O–H groups in total. The van der Waals surface area contributed by atoms with Gasteiger partial charge >= 0.3 is 10.4 Å². The molecule has 0 aliphatic carbocycles. The van der Waals surface area contributed by atoms with Crippen LogP contribution in [0.2, 0.25) is 0 Å². The molecule has 3 saturated heterocycles. The standard InChI is InChI=1S/C56H71N9O23S.Na/c1-4-5-6-17-86-32-14-11-28(12-15-32)39-21-33(63-87-39)27-7-9-29(10-8-27)49(75)58-34-20-38(70)52(78)62-54(80)45-46(72)25(2)23-65(45)56(82)43(37(69)22-41(57)71)60-53(79)44(48(74)47(73)30-13-16-36(68)40(18-30)88-89(83,84)85)61-51(77)35-19-31(67)24-64(35)55(81)42(26(3)66)59-50(34)76;/h7-16,18,21,25-26,31,34-35,37-38,42-48,52,66-70,72-74,78H,4-6,17,19-20,22-24H2,1-3H3,(H2,57,71)(H,58,75)(H,59,76)(H,60,79)(H,61,77)(H,62,80)(H,83,84,85);/t25-,26+,31+,34-,35-,37+,38+,42-,43-,44-,45-,46-,47-,48-,52+;/m0./s1. The molecule has 3 aromatic carbocycles. The summed E-state index contributed by atoms with van der Waals surface area (Å²) in [4.78, 5) is 115. The van der Waals surface area contributed by atoms with Crippen molar-refractivity contribution in [3.8, 4) is 39.8 Å². The number of unbranched alkanes of at least 4 members (excludes halogenated alkanes) is 2. The summed E-state index contributed by atoms with van der Waals surface area (Å²) in [5, 5.41) is 116. The SMILES string of the molecule is CCCCCOc1ccc(-c2cc(-c3ccc(C(=O)N[C@H]4C[C@@H](O)[C@@H](O)NC(=O)[C@@H]5[C@@H](O)[C@@H](C)CN5C(=O)[C@H]([C@H](O)CC(N)=O)NC(=O)[C@H]([C@H](O)[C@@H](O)c5ccc(O)c(OS(=O)(=O)O)c5)NC(=O)[C@@H]5C[C@@H](O)CN5C(=O)[C@H]([C@@H](C)O)NC4=O)cc3)no2)cc1.[Na]. The van der Waals surface area contributed by atoms with E-state index in [-0.39, 0.29) is 35.1 Å². The maximum atomic E-state index is 14.7. The molecule has 34 heteroatoms. The number of aromatic nitrogens is 1. The summed E-state index contributed by atoms with van der Waals surface area (Å²) in [6.45, 7) is 3.74. The van der Waals surface area contributed by atoms with Crippen LogP contribution in [-0.4, -0.2) is 249 Å². The molecule has 3 aliphatic heterocycles. The van der Waals surface area contributed by atoms with Crippen LogP contribution in [-0.2, 0) is 44.0 Å². The number of rotatable bonds is 18. The van der Waals surface area contributed by atoms with Gasteiger partial charge in [-0.3, -0.25) is 42.9 Å². The average Bonchev–Trinajstić information content (AvgIpc) is 2.24. The number of carbonyl (C=O) groups is 8. The summed E-state index contributed by atoms with van der Waals surface area (Å²) in [5.74, 6) is -12.9. The van der Waals surface area contributed by atoms with Gasteiger partial charge in [0, 0.05) is 84.2 Å². The van der Waals surface area contributed by atoms with Crippen molar-refractivity contribution in [3.63, 3.8) is 0 Å². The van der Waals surface area contributed by atoms with E-state index in [1.54, 1.807) is 30.3 Å². The van der Waals surface area contributed by atoms with E-state index >= 15 is 0 Å². The molecule has 0 saturated carbocycles. The first-order valence-corrected chi connectivity index (χ1v) is 29.5. The van der Waals surface area contributed by atoms with E-state index in [1.807, 2.05) is 10.6 Å². The van der Waals surface area contributed by atoms with Crippen LogP contribution in [0.3, 0.4) is 0 Å². The van der Waals surface area contributed by atoms with Crippen LogP contribution < -0.4 is 41.2 Å². The molecule has 0 spiro atoms. The number of hydrogen-bond acceptors (Lipinski definition) is 23. The Morgan fingerprint density at radius 1 is 0.789 bits per heavy atom. The second-order valence-corrected chi connectivity index (χ2v) is 22.9. The minimum atomic E-state index is -5.35. The monoisotopic (exact) mass is 1290 g/mol. The second kappa shape index (κ2) is 31.1. The molecular weight excluding hydrogens is 1220 g/mol. The van der Waals surface area contributed by atoms with Crippen LogP contribution in [0.1, 0.15) is 81.3 Å². The zero-order chi connectivity index (χ0) is 65.3. The first-order chi connectivity index (χ1) is 42.0. The van der Waals surface area contributed by atoms with Gasteiger partial charge in [0.1, 0.15) is 66.0 Å². The molecule has 0 unspecified atom stereocenters. The Morgan fingerprint density at radius 3 is 2.06 bits per heavy atom. The quantitative estimate of drug-likeness (QED) is 0.0255. The second-order valence-electron chi connectivity index (χ2n) is 21.9. The minimum Gasteiger partial charge on any atom is -0.504 e.